The highest BCUT2D eigenvalue weighted by atomic mass is 35.5. The van der Waals surface area contributed by atoms with Gasteiger partial charge in [-0.3, -0.25) is 9.59 Å². The van der Waals surface area contributed by atoms with Crippen LogP contribution in [-0.4, -0.2) is 34.8 Å². The number of benzene rings is 1. The van der Waals surface area contributed by atoms with Crippen LogP contribution in [0.5, 0.6) is 0 Å². The Morgan fingerprint density at radius 3 is 2.78 bits per heavy atom. The number of halogens is 2. The molecule has 2 aliphatic rings. The summed E-state index contributed by atoms with van der Waals surface area (Å²) in [5, 5.41) is 6.40. The first kappa shape index (κ1) is 18.7. The summed E-state index contributed by atoms with van der Waals surface area (Å²) in [4.78, 5) is 31.2. The summed E-state index contributed by atoms with van der Waals surface area (Å²) in [5.41, 5.74) is 1.41. The van der Waals surface area contributed by atoms with Crippen molar-refractivity contribution in [3.63, 3.8) is 0 Å². The molecule has 2 fully saturated rings. The Morgan fingerprint density at radius 2 is 2.00 bits per heavy atom. The largest absolute Gasteiger partial charge is 0.342 e. The van der Waals surface area contributed by atoms with Gasteiger partial charge in [0, 0.05) is 35.0 Å². The second kappa shape index (κ2) is 7.78. The molecule has 8 heteroatoms. The molecule has 1 atom stereocenters. The van der Waals surface area contributed by atoms with Crippen LogP contribution < -0.4 is 5.32 Å². The fourth-order valence-corrected chi connectivity index (χ4v) is 4.44. The number of anilines is 1. The van der Waals surface area contributed by atoms with Crippen molar-refractivity contribution in [2.24, 2.45) is 11.8 Å². The van der Waals surface area contributed by atoms with Crippen LogP contribution in [0, 0.1) is 11.8 Å². The maximum atomic E-state index is 12.7. The van der Waals surface area contributed by atoms with Crippen molar-refractivity contribution < 1.29 is 9.59 Å². The number of thiazole rings is 1. The van der Waals surface area contributed by atoms with Gasteiger partial charge in [-0.05, 0) is 43.9 Å². The van der Waals surface area contributed by atoms with Crippen molar-refractivity contribution in [3.8, 4) is 11.3 Å². The predicted octanol–water partition coefficient (Wildman–Crippen LogP) is 4.70. The van der Waals surface area contributed by atoms with Gasteiger partial charge in [0.2, 0.25) is 11.8 Å². The highest BCUT2D eigenvalue weighted by Crippen LogP contribution is 2.34. The molecular formula is C19H19Cl2N3O2S. The molecule has 1 saturated carbocycles. The molecule has 0 spiro atoms. The molecule has 2 amide bonds. The number of hydrogen-bond acceptors (Lipinski definition) is 4. The van der Waals surface area contributed by atoms with Gasteiger partial charge in [-0.15, -0.1) is 11.3 Å². The van der Waals surface area contributed by atoms with E-state index < -0.39 is 0 Å². The second-order valence-corrected chi connectivity index (χ2v) is 8.75. The van der Waals surface area contributed by atoms with E-state index in [0.29, 0.717) is 27.4 Å². The summed E-state index contributed by atoms with van der Waals surface area (Å²) >= 11 is 13.6. The average molecular weight is 424 g/mol. The first-order valence-corrected chi connectivity index (χ1v) is 10.7. The molecule has 1 saturated heterocycles. The minimum atomic E-state index is -0.191. The van der Waals surface area contributed by atoms with Gasteiger partial charge >= 0.3 is 0 Å². The standard InChI is InChI=1S/C19H19Cl2N3O2S/c20-13-5-6-15(21)14(8-13)16-10-27-19(22-16)23-17(25)12-2-1-7-24(9-12)18(26)11-3-4-11/h5-6,8,10-12H,1-4,7,9H2,(H,22,23,25)/t12-/m1/s1. The number of likely N-dealkylation sites (tertiary alicyclic amines) is 1. The smallest absolute Gasteiger partial charge is 0.231 e. The lowest BCUT2D eigenvalue weighted by Crippen LogP contribution is -2.44. The topological polar surface area (TPSA) is 62.3 Å². The number of piperidine rings is 1. The number of nitrogens with one attached hydrogen (secondary N) is 1. The van der Waals surface area contributed by atoms with Gasteiger partial charge in [-0.25, -0.2) is 4.98 Å². The number of carbonyl (C=O) groups is 2. The van der Waals surface area contributed by atoms with Crippen LogP contribution in [0.3, 0.4) is 0 Å². The summed E-state index contributed by atoms with van der Waals surface area (Å²) in [6.07, 6.45) is 3.62. The van der Waals surface area contributed by atoms with Crippen LogP contribution in [0.4, 0.5) is 5.13 Å². The van der Waals surface area contributed by atoms with E-state index in [0.717, 1.165) is 37.8 Å². The summed E-state index contributed by atoms with van der Waals surface area (Å²) in [6, 6.07) is 5.21. The Bertz CT molecular complexity index is 882. The predicted molar refractivity (Wildman–Crippen MR) is 108 cm³/mol. The van der Waals surface area contributed by atoms with Crippen LogP contribution in [0.15, 0.2) is 23.6 Å². The van der Waals surface area contributed by atoms with E-state index in [1.165, 1.54) is 11.3 Å². The number of carbonyl (C=O) groups excluding carboxylic acids is 2. The third kappa shape index (κ3) is 4.28. The van der Waals surface area contributed by atoms with Gasteiger partial charge in [0.05, 0.1) is 16.6 Å². The van der Waals surface area contributed by atoms with Crippen LogP contribution in [0.25, 0.3) is 11.3 Å². The van der Waals surface area contributed by atoms with Gasteiger partial charge in [0.15, 0.2) is 5.13 Å². The fourth-order valence-electron chi connectivity index (χ4n) is 3.34. The molecule has 1 aromatic heterocycles. The Hall–Kier alpha value is -1.63. The van der Waals surface area contributed by atoms with Gasteiger partial charge in [0.25, 0.3) is 0 Å². The number of hydrogen-bond donors (Lipinski definition) is 1. The van der Waals surface area contributed by atoms with Crippen molar-refractivity contribution >= 4 is 51.5 Å². The van der Waals surface area contributed by atoms with Crippen LogP contribution in [0.2, 0.25) is 10.0 Å². The SMILES string of the molecule is O=C(Nc1nc(-c2cc(Cl)ccc2Cl)cs1)[C@@H]1CCCN(C(=O)C2CC2)C1. The highest BCUT2D eigenvalue weighted by Gasteiger charge is 2.36. The normalized spacial score (nSPS) is 19.8. The maximum absolute atomic E-state index is 12.7. The van der Waals surface area contributed by atoms with Crippen molar-refractivity contribution in [1.29, 1.82) is 0 Å². The lowest BCUT2D eigenvalue weighted by molar-refractivity contribution is -0.135. The molecular weight excluding hydrogens is 405 g/mol. The van der Waals surface area contributed by atoms with E-state index in [2.05, 4.69) is 10.3 Å². The van der Waals surface area contributed by atoms with E-state index in [4.69, 9.17) is 23.2 Å². The van der Waals surface area contributed by atoms with Crippen molar-refractivity contribution in [3.05, 3.63) is 33.6 Å². The van der Waals surface area contributed by atoms with E-state index in [1.54, 1.807) is 18.2 Å². The van der Waals surface area contributed by atoms with E-state index in [-0.39, 0.29) is 23.7 Å². The third-order valence-electron chi connectivity index (χ3n) is 4.97. The number of amides is 2. The molecule has 0 radical (unpaired) electrons. The lowest BCUT2D eigenvalue weighted by atomic mass is 9.97. The van der Waals surface area contributed by atoms with Crippen molar-refractivity contribution in [2.75, 3.05) is 18.4 Å². The number of rotatable bonds is 4. The van der Waals surface area contributed by atoms with Gasteiger partial charge in [-0.1, -0.05) is 23.2 Å². The van der Waals surface area contributed by atoms with Crippen molar-refractivity contribution in [1.82, 2.24) is 9.88 Å². The monoisotopic (exact) mass is 423 g/mol. The molecule has 0 bridgehead atoms. The molecule has 142 valence electrons. The Labute approximate surface area is 171 Å². The molecule has 5 nitrogen and oxygen atoms in total. The molecule has 1 aromatic carbocycles. The summed E-state index contributed by atoms with van der Waals surface area (Å²) in [5.74, 6) is 0.125. The van der Waals surface area contributed by atoms with Crippen LogP contribution in [0.1, 0.15) is 25.7 Å². The van der Waals surface area contributed by atoms with Crippen LogP contribution >= 0.6 is 34.5 Å². The van der Waals surface area contributed by atoms with E-state index in [1.807, 2.05) is 10.3 Å². The Morgan fingerprint density at radius 1 is 1.19 bits per heavy atom. The Balaban J connectivity index is 1.42. The maximum Gasteiger partial charge on any atom is 0.231 e. The molecule has 0 unspecified atom stereocenters. The van der Waals surface area contributed by atoms with Crippen molar-refractivity contribution in [2.45, 2.75) is 25.7 Å². The summed E-state index contributed by atoms with van der Waals surface area (Å²) in [6.45, 7) is 1.26. The molecule has 2 heterocycles. The number of nitrogens with zero attached hydrogens (tertiary/aromatic N) is 2. The quantitative estimate of drug-likeness (QED) is 0.774. The lowest BCUT2D eigenvalue weighted by Gasteiger charge is -2.32. The average Bonchev–Trinajstić information content (AvgIpc) is 3.42. The third-order valence-corrected chi connectivity index (χ3v) is 6.29. The molecule has 2 aromatic rings. The van der Waals surface area contributed by atoms with E-state index in [9.17, 15) is 9.59 Å². The molecule has 1 aliphatic carbocycles. The molecule has 1 N–H and O–H groups in total. The molecule has 27 heavy (non-hydrogen) atoms. The first-order valence-electron chi connectivity index (χ1n) is 9.02. The molecule has 1 aliphatic heterocycles. The van der Waals surface area contributed by atoms with Gasteiger partial charge in [0.1, 0.15) is 0 Å². The Kier molecular flexibility index (Phi) is 5.39. The minimum Gasteiger partial charge on any atom is -0.342 e. The highest BCUT2D eigenvalue weighted by molar-refractivity contribution is 7.14. The molecule has 4 rings (SSSR count). The summed E-state index contributed by atoms with van der Waals surface area (Å²) < 4.78 is 0. The zero-order valence-corrected chi connectivity index (χ0v) is 16.9. The van der Waals surface area contributed by atoms with Gasteiger partial charge < -0.3 is 10.2 Å². The minimum absolute atomic E-state index is 0.0820. The zero-order chi connectivity index (χ0) is 19.0. The summed E-state index contributed by atoms with van der Waals surface area (Å²) in [7, 11) is 0. The first-order chi connectivity index (χ1) is 13.0. The van der Waals surface area contributed by atoms with Crippen LogP contribution in [-0.2, 0) is 9.59 Å². The van der Waals surface area contributed by atoms with E-state index >= 15 is 0 Å². The van der Waals surface area contributed by atoms with Gasteiger partial charge in [-0.2, -0.15) is 0 Å². The number of aromatic nitrogens is 1. The fraction of sp³-hybridized carbons (Fsp3) is 0.421. The second-order valence-electron chi connectivity index (χ2n) is 7.05. The zero-order valence-electron chi connectivity index (χ0n) is 14.6.